The van der Waals surface area contributed by atoms with Crippen molar-refractivity contribution in [3.63, 3.8) is 0 Å². The highest BCUT2D eigenvalue weighted by Crippen LogP contribution is 2.25. The van der Waals surface area contributed by atoms with Gasteiger partial charge < -0.3 is 5.32 Å². The first-order valence-corrected chi connectivity index (χ1v) is 12.8. The van der Waals surface area contributed by atoms with Gasteiger partial charge in [-0.2, -0.15) is 8.42 Å². The van der Waals surface area contributed by atoms with Crippen LogP contribution in [-0.4, -0.2) is 28.8 Å². The van der Waals surface area contributed by atoms with Gasteiger partial charge in [-0.3, -0.25) is 14.1 Å². The van der Waals surface area contributed by atoms with Crippen molar-refractivity contribution in [1.82, 2.24) is 15.3 Å². The zero-order chi connectivity index (χ0) is 22.6. The van der Waals surface area contributed by atoms with E-state index in [1.54, 1.807) is 24.3 Å². The molecule has 0 spiro atoms. The Hall–Kier alpha value is -2.34. The number of nitrogens with one attached hydrogen (secondary N) is 2. The van der Waals surface area contributed by atoms with Crippen molar-refractivity contribution in [2.24, 2.45) is 0 Å². The molecule has 0 unspecified atom stereocenters. The third kappa shape index (κ3) is 6.82. The first-order valence-electron chi connectivity index (χ1n) is 9.63. The van der Waals surface area contributed by atoms with Gasteiger partial charge in [0.1, 0.15) is 5.01 Å². The predicted molar refractivity (Wildman–Crippen MR) is 123 cm³/mol. The molecule has 3 N–H and O–H groups in total. The van der Waals surface area contributed by atoms with E-state index in [0.717, 1.165) is 38.3 Å². The maximum Gasteiger partial charge on any atom is 0.357 e. The van der Waals surface area contributed by atoms with Crippen LogP contribution < -0.4 is 10.0 Å². The summed E-state index contributed by atoms with van der Waals surface area (Å²) in [5, 5.41) is 6.84. The molecule has 0 aliphatic rings. The highest BCUT2D eigenvalue weighted by Gasteiger charge is 2.20. The number of amides is 1. The van der Waals surface area contributed by atoms with Crippen molar-refractivity contribution in [2.75, 3.05) is 4.72 Å². The predicted octanol–water partition coefficient (Wildman–Crippen LogP) is 3.64. The zero-order valence-corrected chi connectivity index (χ0v) is 19.8. The second kappa shape index (κ2) is 9.86. The lowest BCUT2D eigenvalue weighted by Gasteiger charge is -2.17. The molecule has 0 aliphatic heterocycles. The standard InChI is InChI=1S/C20H24N4O4S3/c1-4-15-11-29-20(22-15)17(23-19(25)10-18-12(2)21-13(3)30-18)9-14-5-7-16(8-6-14)24-31(26,27)28/h5-8,11,17,24H,4,9-10H2,1-3H3,(H,23,25)(H,26,27,28)/t17-/m1/s1. The van der Waals surface area contributed by atoms with Crippen molar-refractivity contribution in [3.8, 4) is 0 Å². The largest absolute Gasteiger partial charge is 0.357 e. The molecule has 3 rings (SSSR count). The van der Waals surface area contributed by atoms with Gasteiger partial charge in [0.25, 0.3) is 0 Å². The van der Waals surface area contributed by atoms with Gasteiger partial charge >= 0.3 is 10.3 Å². The Morgan fingerprint density at radius 2 is 1.90 bits per heavy atom. The number of aryl methyl sites for hydroxylation is 3. The molecule has 11 heteroatoms. The summed E-state index contributed by atoms with van der Waals surface area (Å²) in [5.74, 6) is -0.102. The lowest BCUT2D eigenvalue weighted by atomic mass is 10.1. The van der Waals surface area contributed by atoms with Crippen LogP contribution in [0.15, 0.2) is 29.6 Å². The number of carbonyl (C=O) groups excluding carboxylic acids is 1. The Morgan fingerprint density at radius 1 is 1.19 bits per heavy atom. The van der Waals surface area contributed by atoms with Gasteiger partial charge in [0.2, 0.25) is 5.91 Å². The number of hydrogen-bond donors (Lipinski definition) is 3. The molecule has 0 fully saturated rings. The average Bonchev–Trinajstić information content (AvgIpc) is 3.28. The molecular formula is C20H24N4O4S3. The van der Waals surface area contributed by atoms with E-state index in [0.29, 0.717) is 6.42 Å². The molecule has 3 aromatic rings. The molecule has 0 bridgehead atoms. The van der Waals surface area contributed by atoms with E-state index in [9.17, 15) is 13.2 Å². The molecule has 0 saturated heterocycles. The monoisotopic (exact) mass is 480 g/mol. The van der Waals surface area contributed by atoms with Crippen molar-refractivity contribution >= 4 is 44.6 Å². The molecule has 8 nitrogen and oxygen atoms in total. The average molecular weight is 481 g/mol. The minimum Gasteiger partial charge on any atom is -0.346 e. The highest BCUT2D eigenvalue weighted by atomic mass is 32.2. The quantitative estimate of drug-likeness (QED) is 0.402. The van der Waals surface area contributed by atoms with Crippen molar-refractivity contribution in [3.05, 3.63) is 61.5 Å². The van der Waals surface area contributed by atoms with Gasteiger partial charge in [0, 0.05) is 10.3 Å². The Bertz CT molecular complexity index is 1150. The summed E-state index contributed by atoms with van der Waals surface area (Å²) in [6, 6.07) is 6.30. The topological polar surface area (TPSA) is 121 Å². The minimum atomic E-state index is -4.32. The number of benzene rings is 1. The van der Waals surface area contributed by atoms with Crippen LogP contribution in [0, 0.1) is 13.8 Å². The second-order valence-electron chi connectivity index (χ2n) is 7.05. The van der Waals surface area contributed by atoms with E-state index in [4.69, 9.17) is 4.55 Å². The fourth-order valence-corrected chi connectivity index (χ4v) is 5.39. The number of aromatic nitrogens is 2. The lowest BCUT2D eigenvalue weighted by molar-refractivity contribution is -0.121. The number of anilines is 1. The van der Waals surface area contributed by atoms with Crippen LogP contribution in [0.3, 0.4) is 0 Å². The Kier molecular flexibility index (Phi) is 7.42. The summed E-state index contributed by atoms with van der Waals surface area (Å²) >= 11 is 3.03. The molecule has 1 amide bonds. The van der Waals surface area contributed by atoms with Crippen LogP contribution >= 0.6 is 22.7 Å². The maximum atomic E-state index is 12.8. The highest BCUT2D eigenvalue weighted by molar-refractivity contribution is 7.87. The van der Waals surface area contributed by atoms with E-state index in [1.807, 2.05) is 30.9 Å². The summed E-state index contributed by atoms with van der Waals surface area (Å²) in [7, 11) is -4.32. The molecule has 2 aromatic heterocycles. The fourth-order valence-electron chi connectivity index (χ4n) is 3.07. The molecule has 1 atom stereocenters. The minimum absolute atomic E-state index is 0.102. The fraction of sp³-hybridized carbons (Fsp3) is 0.350. The van der Waals surface area contributed by atoms with Crippen LogP contribution in [0.4, 0.5) is 5.69 Å². The summed E-state index contributed by atoms with van der Waals surface area (Å²) < 4.78 is 32.8. The Morgan fingerprint density at radius 3 is 2.45 bits per heavy atom. The van der Waals surface area contributed by atoms with Crippen molar-refractivity contribution < 1.29 is 17.8 Å². The molecule has 0 aliphatic carbocycles. The van der Waals surface area contributed by atoms with Crippen LogP contribution in [0.2, 0.25) is 0 Å². The van der Waals surface area contributed by atoms with Crippen LogP contribution in [-0.2, 0) is 34.4 Å². The Labute approximate surface area is 189 Å². The lowest BCUT2D eigenvalue weighted by Crippen LogP contribution is -2.31. The van der Waals surface area contributed by atoms with Gasteiger partial charge in [0.15, 0.2) is 0 Å². The molecule has 2 heterocycles. The van der Waals surface area contributed by atoms with Crippen molar-refractivity contribution in [1.29, 1.82) is 0 Å². The van der Waals surface area contributed by atoms with Crippen LogP contribution in [0.1, 0.15) is 44.8 Å². The molecular weight excluding hydrogens is 456 g/mol. The molecule has 166 valence electrons. The molecule has 0 radical (unpaired) electrons. The second-order valence-corrected chi connectivity index (χ2v) is 10.4. The maximum absolute atomic E-state index is 12.8. The van der Waals surface area contributed by atoms with Crippen LogP contribution in [0.5, 0.6) is 0 Å². The van der Waals surface area contributed by atoms with E-state index >= 15 is 0 Å². The summed E-state index contributed by atoms with van der Waals surface area (Å²) in [5.41, 5.74) is 2.99. The smallest absolute Gasteiger partial charge is 0.346 e. The number of rotatable bonds is 9. The third-order valence-electron chi connectivity index (χ3n) is 4.53. The van der Waals surface area contributed by atoms with Crippen molar-refractivity contribution in [2.45, 2.75) is 46.1 Å². The van der Waals surface area contributed by atoms with Gasteiger partial charge in [-0.1, -0.05) is 19.1 Å². The summed E-state index contributed by atoms with van der Waals surface area (Å²) in [6.45, 7) is 5.85. The van der Waals surface area contributed by atoms with Crippen LogP contribution in [0.25, 0.3) is 0 Å². The van der Waals surface area contributed by atoms with Gasteiger partial charge in [-0.25, -0.2) is 9.97 Å². The van der Waals surface area contributed by atoms with E-state index in [-0.39, 0.29) is 24.1 Å². The summed E-state index contributed by atoms with van der Waals surface area (Å²) in [6.07, 6.45) is 1.57. The number of hydrogen-bond acceptors (Lipinski definition) is 7. The number of carbonyl (C=O) groups is 1. The van der Waals surface area contributed by atoms with E-state index in [2.05, 4.69) is 15.3 Å². The molecule has 1 aromatic carbocycles. The molecule has 0 saturated carbocycles. The zero-order valence-electron chi connectivity index (χ0n) is 17.4. The van der Waals surface area contributed by atoms with Gasteiger partial charge in [-0.05, 0) is 44.4 Å². The first kappa shape index (κ1) is 23.3. The first-order chi connectivity index (χ1) is 14.6. The van der Waals surface area contributed by atoms with Gasteiger partial charge in [-0.15, -0.1) is 22.7 Å². The van der Waals surface area contributed by atoms with Gasteiger partial charge in [0.05, 0.1) is 34.5 Å². The molecule has 31 heavy (non-hydrogen) atoms. The normalized spacial score (nSPS) is 12.5. The van der Waals surface area contributed by atoms with E-state index < -0.39 is 10.3 Å². The van der Waals surface area contributed by atoms with E-state index in [1.165, 1.54) is 22.7 Å². The Balaban J connectivity index is 1.76. The third-order valence-corrected chi connectivity index (χ3v) is 7.10. The number of thiazole rings is 2. The SMILES string of the molecule is CCc1csc([C@@H](Cc2ccc(NS(=O)(=O)O)cc2)NC(=O)Cc2sc(C)nc2C)n1. The summed E-state index contributed by atoms with van der Waals surface area (Å²) in [4.78, 5) is 22.7. The number of nitrogens with zero attached hydrogens (tertiary/aromatic N) is 2.